The van der Waals surface area contributed by atoms with Gasteiger partial charge in [0.1, 0.15) is 0 Å². The van der Waals surface area contributed by atoms with Crippen molar-refractivity contribution in [1.82, 2.24) is 20.9 Å². The van der Waals surface area contributed by atoms with Crippen LogP contribution in [0.5, 0.6) is 0 Å². The first kappa shape index (κ1) is 16.1. The largest absolute Gasteiger partial charge is 0.341 e. The molecule has 1 aliphatic rings. The van der Waals surface area contributed by atoms with Crippen LogP contribution in [0.15, 0.2) is 0 Å². The molecule has 0 aliphatic carbocycles. The fourth-order valence-electron chi connectivity index (χ4n) is 1.70. The maximum Gasteiger partial charge on any atom is 0.321 e. The van der Waals surface area contributed by atoms with E-state index in [2.05, 4.69) is 20.9 Å². The van der Waals surface area contributed by atoms with Crippen molar-refractivity contribution in [2.45, 2.75) is 19.4 Å². The highest BCUT2D eigenvalue weighted by molar-refractivity contribution is 5.96. The molecule has 1 atom stereocenters. The summed E-state index contributed by atoms with van der Waals surface area (Å²) in [5, 5.41) is 7.93. The lowest BCUT2D eigenvalue weighted by Gasteiger charge is -2.25. The Morgan fingerprint density at radius 1 is 1.29 bits per heavy atom. The molecule has 100 valence electrons. The third-order valence-corrected chi connectivity index (χ3v) is 2.77. The van der Waals surface area contributed by atoms with Gasteiger partial charge in [0.15, 0.2) is 0 Å². The van der Waals surface area contributed by atoms with Crippen LogP contribution in [-0.2, 0) is 4.79 Å². The van der Waals surface area contributed by atoms with Crippen LogP contribution < -0.4 is 16.0 Å². The zero-order chi connectivity index (χ0) is 12.0. The standard InChI is InChI=1S/C10H20N4O2.ClH/c1-8(9(15)13-10(16)11-2)14-6-3-4-12-5-7-14;/h8,12H,3-7H2,1-2H3,(H2,11,13,15,16);1H. The molecule has 0 spiro atoms. The first-order chi connectivity index (χ1) is 7.65. The van der Waals surface area contributed by atoms with Gasteiger partial charge in [0.25, 0.3) is 0 Å². The predicted molar refractivity (Wildman–Crippen MR) is 68.4 cm³/mol. The third-order valence-electron chi connectivity index (χ3n) is 2.77. The van der Waals surface area contributed by atoms with E-state index in [0.29, 0.717) is 0 Å². The normalized spacial score (nSPS) is 18.5. The van der Waals surface area contributed by atoms with E-state index in [9.17, 15) is 9.59 Å². The SMILES string of the molecule is CNC(=O)NC(=O)C(C)N1CCCNCC1.Cl. The Bertz CT molecular complexity index is 255. The van der Waals surface area contributed by atoms with Gasteiger partial charge < -0.3 is 10.6 Å². The molecular formula is C10H21ClN4O2. The molecule has 1 heterocycles. The maximum atomic E-state index is 11.7. The van der Waals surface area contributed by atoms with Crippen molar-refractivity contribution >= 4 is 24.3 Å². The van der Waals surface area contributed by atoms with Crippen molar-refractivity contribution in [3.8, 4) is 0 Å². The quantitative estimate of drug-likeness (QED) is 0.632. The zero-order valence-corrected chi connectivity index (χ0v) is 11.1. The number of carbonyl (C=O) groups excluding carboxylic acids is 2. The van der Waals surface area contributed by atoms with E-state index in [0.717, 1.165) is 32.6 Å². The van der Waals surface area contributed by atoms with Crippen LogP contribution in [0.4, 0.5) is 4.79 Å². The van der Waals surface area contributed by atoms with E-state index in [1.807, 2.05) is 6.92 Å². The smallest absolute Gasteiger partial charge is 0.321 e. The van der Waals surface area contributed by atoms with Crippen molar-refractivity contribution in [3.63, 3.8) is 0 Å². The van der Waals surface area contributed by atoms with Crippen molar-refractivity contribution in [3.05, 3.63) is 0 Å². The minimum atomic E-state index is -0.454. The molecule has 3 amide bonds. The molecular weight excluding hydrogens is 244 g/mol. The van der Waals surface area contributed by atoms with Gasteiger partial charge in [0, 0.05) is 26.7 Å². The molecule has 17 heavy (non-hydrogen) atoms. The van der Waals surface area contributed by atoms with Gasteiger partial charge in [-0.1, -0.05) is 0 Å². The Kier molecular flexibility index (Phi) is 7.86. The second kappa shape index (κ2) is 8.27. The van der Waals surface area contributed by atoms with Gasteiger partial charge >= 0.3 is 6.03 Å². The molecule has 3 N–H and O–H groups in total. The number of nitrogens with one attached hydrogen (secondary N) is 3. The van der Waals surface area contributed by atoms with Gasteiger partial charge in [0.05, 0.1) is 6.04 Å². The molecule has 0 saturated carbocycles. The highest BCUT2D eigenvalue weighted by atomic mass is 35.5. The molecule has 7 heteroatoms. The number of nitrogens with zero attached hydrogens (tertiary/aromatic N) is 1. The number of urea groups is 1. The summed E-state index contributed by atoms with van der Waals surface area (Å²) in [5.74, 6) is -0.249. The molecule has 0 radical (unpaired) electrons. The van der Waals surface area contributed by atoms with Gasteiger partial charge in [-0.2, -0.15) is 0 Å². The summed E-state index contributed by atoms with van der Waals surface area (Å²) in [7, 11) is 1.49. The fourth-order valence-corrected chi connectivity index (χ4v) is 1.70. The van der Waals surface area contributed by atoms with E-state index >= 15 is 0 Å². The number of rotatable bonds is 2. The van der Waals surface area contributed by atoms with Crippen molar-refractivity contribution < 1.29 is 9.59 Å². The number of hydrogen-bond acceptors (Lipinski definition) is 4. The summed E-state index contributed by atoms with van der Waals surface area (Å²) < 4.78 is 0. The molecule has 1 rings (SSSR count). The Balaban J connectivity index is 0.00000256. The molecule has 0 aromatic rings. The summed E-state index contributed by atoms with van der Waals surface area (Å²) >= 11 is 0. The van der Waals surface area contributed by atoms with Gasteiger partial charge in [0.2, 0.25) is 5.91 Å². The molecule has 0 aromatic carbocycles. The van der Waals surface area contributed by atoms with Gasteiger partial charge in [-0.25, -0.2) is 4.79 Å². The first-order valence-corrected chi connectivity index (χ1v) is 5.62. The van der Waals surface area contributed by atoms with E-state index in [1.54, 1.807) is 0 Å². The van der Waals surface area contributed by atoms with E-state index in [4.69, 9.17) is 0 Å². The third kappa shape index (κ3) is 5.34. The molecule has 1 unspecified atom stereocenters. The van der Waals surface area contributed by atoms with Crippen molar-refractivity contribution in [2.24, 2.45) is 0 Å². The summed E-state index contributed by atoms with van der Waals surface area (Å²) in [6.07, 6.45) is 1.03. The molecule has 6 nitrogen and oxygen atoms in total. The number of carbonyl (C=O) groups is 2. The summed E-state index contributed by atoms with van der Waals surface area (Å²) in [6.45, 7) is 5.42. The number of amides is 3. The van der Waals surface area contributed by atoms with Crippen LogP contribution in [0.25, 0.3) is 0 Å². The minimum Gasteiger partial charge on any atom is -0.341 e. The summed E-state index contributed by atoms with van der Waals surface area (Å²) in [5.41, 5.74) is 0. The second-order valence-corrected chi connectivity index (χ2v) is 3.88. The fraction of sp³-hybridized carbons (Fsp3) is 0.800. The zero-order valence-electron chi connectivity index (χ0n) is 10.3. The van der Waals surface area contributed by atoms with Crippen LogP contribution >= 0.6 is 12.4 Å². The van der Waals surface area contributed by atoms with Gasteiger partial charge in [-0.05, 0) is 19.9 Å². The molecule has 0 aromatic heterocycles. The lowest BCUT2D eigenvalue weighted by atomic mass is 10.2. The van der Waals surface area contributed by atoms with Gasteiger partial charge in [-0.15, -0.1) is 12.4 Å². The summed E-state index contributed by atoms with van der Waals surface area (Å²) in [6, 6.07) is -0.720. The number of hydrogen-bond donors (Lipinski definition) is 3. The van der Waals surface area contributed by atoms with Crippen molar-refractivity contribution in [1.29, 1.82) is 0 Å². The van der Waals surface area contributed by atoms with Crippen LogP contribution in [0, 0.1) is 0 Å². The van der Waals surface area contributed by atoms with Crippen molar-refractivity contribution in [2.75, 3.05) is 33.2 Å². The average Bonchev–Trinajstić information content (AvgIpc) is 2.56. The maximum absolute atomic E-state index is 11.7. The minimum absolute atomic E-state index is 0. The number of imide groups is 1. The first-order valence-electron chi connectivity index (χ1n) is 5.62. The van der Waals surface area contributed by atoms with E-state index < -0.39 is 6.03 Å². The lowest BCUT2D eigenvalue weighted by Crippen LogP contribution is -2.49. The Hall–Kier alpha value is -0.850. The Labute approximate surface area is 108 Å². The topological polar surface area (TPSA) is 73.5 Å². The average molecular weight is 265 g/mol. The van der Waals surface area contributed by atoms with Crippen LogP contribution in [0.3, 0.4) is 0 Å². The number of halogens is 1. The van der Waals surface area contributed by atoms with E-state index in [1.165, 1.54) is 7.05 Å². The van der Waals surface area contributed by atoms with E-state index in [-0.39, 0.29) is 24.4 Å². The van der Waals surface area contributed by atoms with Crippen LogP contribution in [0.1, 0.15) is 13.3 Å². The highest BCUT2D eigenvalue weighted by Crippen LogP contribution is 2.02. The second-order valence-electron chi connectivity index (χ2n) is 3.88. The van der Waals surface area contributed by atoms with Crippen LogP contribution in [0.2, 0.25) is 0 Å². The lowest BCUT2D eigenvalue weighted by molar-refractivity contribution is -0.124. The van der Waals surface area contributed by atoms with Gasteiger partial charge in [-0.3, -0.25) is 15.0 Å². The Morgan fingerprint density at radius 2 is 2.00 bits per heavy atom. The molecule has 1 aliphatic heterocycles. The molecule has 1 fully saturated rings. The highest BCUT2D eigenvalue weighted by Gasteiger charge is 2.22. The molecule has 1 saturated heterocycles. The van der Waals surface area contributed by atoms with Crippen LogP contribution in [-0.4, -0.2) is 56.1 Å². The summed E-state index contributed by atoms with van der Waals surface area (Å²) in [4.78, 5) is 24.8. The monoisotopic (exact) mass is 264 g/mol. The predicted octanol–water partition coefficient (Wildman–Crippen LogP) is -0.452. The Morgan fingerprint density at radius 3 is 2.65 bits per heavy atom. The molecule has 0 bridgehead atoms.